The molecule has 1 aromatic carbocycles. The molecule has 0 spiro atoms. The van der Waals surface area contributed by atoms with Crippen molar-refractivity contribution < 1.29 is 18.5 Å². The maximum absolute atomic E-state index is 12.0. The van der Waals surface area contributed by atoms with E-state index >= 15 is 0 Å². The van der Waals surface area contributed by atoms with Gasteiger partial charge in [-0.25, -0.2) is 4.57 Å². The summed E-state index contributed by atoms with van der Waals surface area (Å²) in [5.41, 5.74) is 3.51. The average Bonchev–Trinajstić information content (AvgIpc) is 2.59. The van der Waals surface area contributed by atoms with Gasteiger partial charge in [0.15, 0.2) is 0 Å². The molecule has 2 rings (SSSR count). The fraction of sp³-hybridized carbons (Fsp3) is 0.353. The van der Waals surface area contributed by atoms with E-state index < -0.39 is 7.82 Å². The van der Waals surface area contributed by atoms with Crippen LogP contribution in [0.5, 0.6) is 0 Å². The van der Waals surface area contributed by atoms with Gasteiger partial charge >= 0.3 is 7.82 Å². The van der Waals surface area contributed by atoms with Crippen molar-refractivity contribution in [3.8, 4) is 0 Å². The van der Waals surface area contributed by atoms with Crippen LogP contribution in [0.2, 0.25) is 0 Å². The average molecular weight is 335 g/mol. The van der Waals surface area contributed by atoms with Crippen LogP contribution in [0.4, 0.5) is 0 Å². The summed E-state index contributed by atoms with van der Waals surface area (Å²) < 4.78 is 22.0. The Morgan fingerprint density at radius 3 is 2.35 bits per heavy atom. The lowest BCUT2D eigenvalue weighted by Gasteiger charge is -2.12. The molecule has 1 unspecified atom stereocenters. The Morgan fingerprint density at radius 2 is 1.61 bits per heavy atom. The first-order valence-corrected chi connectivity index (χ1v) is 9.16. The van der Waals surface area contributed by atoms with Crippen LogP contribution < -0.4 is 0 Å². The van der Waals surface area contributed by atoms with E-state index in [1.165, 1.54) is 0 Å². The van der Waals surface area contributed by atoms with E-state index in [9.17, 15) is 9.46 Å². The van der Waals surface area contributed by atoms with Crippen molar-refractivity contribution in [1.29, 1.82) is 0 Å². The summed E-state index contributed by atoms with van der Waals surface area (Å²) >= 11 is 0. The Bertz CT molecular complexity index is 634. The van der Waals surface area contributed by atoms with Gasteiger partial charge in [0.25, 0.3) is 0 Å². The predicted molar refractivity (Wildman–Crippen MR) is 88.8 cm³/mol. The van der Waals surface area contributed by atoms with Gasteiger partial charge in [0.1, 0.15) is 6.61 Å². The molecule has 124 valence electrons. The van der Waals surface area contributed by atoms with Crippen molar-refractivity contribution in [2.45, 2.75) is 39.9 Å². The lowest BCUT2D eigenvalue weighted by Crippen LogP contribution is -2.00. The highest BCUT2D eigenvalue weighted by molar-refractivity contribution is 7.47. The summed E-state index contributed by atoms with van der Waals surface area (Å²) in [6.07, 6.45) is 1.70. The Labute approximate surface area is 136 Å². The molecule has 1 heterocycles. The summed E-state index contributed by atoms with van der Waals surface area (Å²) in [5, 5.41) is 0. The number of aromatic nitrogens is 1. The standard InChI is InChI=1S/C17H22NO4P/c1-3-14-7-5-8-15(11-14)12-21-23(19,20)22-13-17-10-6-9-16(4-2)18-17/h5-11H,3-4,12-13H2,1-2H3,(H,19,20). The van der Waals surface area contributed by atoms with Gasteiger partial charge in [0, 0.05) is 5.69 Å². The summed E-state index contributed by atoms with van der Waals surface area (Å²) in [7, 11) is -4.11. The summed E-state index contributed by atoms with van der Waals surface area (Å²) in [5.74, 6) is 0. The third kappa shape index (κ3) is 5.88. The molecule has 5 nitrogen and oxygen atoms in total. The number of phosphoric ester groups is 1. The fourth-order valence-electron chi connectivity index (χ4n) is 2.09. The largest absolute Gasteiger partial charge is 0.472 e. The van der Waals surface area contributed by atoms with Crippen molar-refractivity contribution in [3.05, 3.63) is 65.0 Å². The molecule has 0 aliphatic heterocycles. The molecule has 0 saturated carbocycles. The molecule has 0 aliphatic rings. The van der Waals surface area contributed by atoms with E-state index in [0.717, 1.165) is 29.7 Å². The first-order valence-electron chi connectivity index (χ1n) is 7.67. The highest BCUT2D eigenvalue weighted by Crippen LogP contribution is 2.44. The van der Waals surface area contributed by atoms with Gasteiger partial charge in [-0.05, 0) is 36.1 Å². The Balaban J connectivity index is 1.89. The minimum atomic E-state index is -4.11. The highest BCUT2D eigenvalue weighted by Gasteiger charge is 2.21. The molecule has 1 N–H and O–H groups in total. The van der Waals surface area contributed by atoms with Crippen LogP contribution in [-0.4, -0.2) is 9.88 Å². The first-order chi connectivity index (χ1) is 11.0. The number of rotatable bonds is 8. The van der Waals surface area contributed by atoms with Crippen LogP contribution in [-0.2, 0) is 39.7 Å². The number of nitrogens with zero attached hydrogens (tertiary/aromatic N) is 1. The van der Waals surface area contributed by atoms with E-state index in [2.05, 4.69) is 11.9 Å². The van der Waals surface area contributed by atoms with Gasteiger partial charge in [0.05, 0.1) is 12.3 Å². The molecule has 0 aliphatic carbocycles. The quantitative estimate of drug-likeness (QED) is 0.737. The molecule has 0 amide bonds. The number of aryl methyl sites for hydroxylation is 2. The third-order valence-electron chi connectivity index (χ3n) is 3.40. The fourth-order valence-corrected chi connectivity index (χ4v) is 2.77. The van der Waals surface area contributed by atoms with Crippen LogP contribution in [0.25, 0.3) is 0 Å². The van der Waals surface area contributed by atoms with Gasteiger partial charge in [-0.3, -0.25) is 14.0 Å². The Kier molecular flexibility index (Phi) is 6.48. The summed E-state index contributed by atoms with van der Waals surface area (Å²) in [6.45, 7) is 4.02. The van der Waals surface area contributed by atoms with Crippen molar-refractivity contribution in [2.75, 3.05) is 0 Å². The molecular formula is C17H22NO4P. The lowest BCUT2D eigenvalue weighted by molar-refractivity contribution is 0.136. The van der Waals surface area contributed by atoms with Gasteiger partial charge in [-0.15, -0.1) is 0 Å². The molecule has 6 heteroatoms. The topological polar surface area (TPSA) is 68.7 Å². The first kappa shape index (κ1) is 17.8. The predicted octanol–water partition coefficient (Wildman–Crippen LogP) is 4.04. The smallest absolute Gasteiger partial charge is 0.302 e. The number of phosphoric acid groups is 1. The molecule has 0 saturated heterocycles. The van der Waals surface area contributed by atoms with Crippen LogP contribution in [0.1, 0.15) is 36.4 Å². The Morgan fingerprint density at radius 1 is 0.957 bits per heavy atom. The van der Waals surface area contributed by atoms with Crippen molar-refractivity contribution in [1.82, 2.24) is 4.98 Å². The number of benzene rings is 1. The minimum absolute atomic E-state index is 0.0318. The second-order valence-corrected chi connectivity index (χ2v) is 6.62. The van der Waals surface area contributed by atoms with E-state index in [4.69, 9.17) is 9.05 Å². The van der Waals surface area contributed by atoms with Gasteiger partial charge in [0.2, 0.25) is 0 Å². The zero-order valence-electron chi connectivity index (χ0n) is 13.4. The van der Waals surface area contributed by atoms with E-state index in [0.29, 0.717) is 5.69 Å². The van der Waals surface area contributed by atoms with Crippen LogP contribution in [0.3, 0.4) is 0 Å². The number of hydrogen-bond donors (Lipinski definition) is 1. The maximum atomic E-state index is 12.0. The van der Waals surface area contributed by atoms with Crippen molar-refractivity contribution in [3.63, 3.8) is 0 Å². The van der Waals surface area contributed by atoms with E-state index in [1.54, 1.807) is 6.07 Å². The normalized spacial score (nSPS) is 13.7. The second-order valence-electron chi connectivity index (χ2n) is 5.16. The van der Waals surface area contributed by atoms with E-state index in [1.807, 2.05) is 43.3 Å². The van der Waals surface area contributed by atoms with Crippen molar-refractivity contribution >= 4 is 7.82 Å². The molecule has 23 heavy (non-hydrogen) atoms. The van der Waals surface area contributed by atoms with Crippen LogP contribution in [0.15, 0.2) is 42.5 Å². The number of hydrogen-bond acceptors (Lipinski definition) is 4. The third-order valence-corrected chi connectivity index (χ3v) is 4.31. The Hall–Kier alpha value is -1.52. The summed E-state index contributed by atoms with van der Waals surface area (Å²) in [4.78, 5) is 14.1. The summed E-state index contributed by atoms with van der Waals surface area (Å²) in [6, 6.07) is 13.2. The van der Waals surface area contributed by atoms with Crippen molar-refractivity contribution in [2.24, 2.45) is 0 Å². The van der Waals surface area contributed by atoms with Gasteiger partial charge < -0.3 is 4.89 Å². The zero-order valence-corrected chi connectivity index (χ0v) is 14.3. The highest BCUT2D eigenvalue weighted by atomic mass is 31.2. The van der Waals surface area contributed by atoms with Gasteiger partial charge in [-0.1, -0.05) is 44.2 Å². The van der Waals surface area contributed by atoms with E-state index in [-0.39, 0.29) is 13.2 Å². The lowest BCUT2D eigenvalue weighted by atomic mass is 10.1. The zero-order chi connectivity index (χ0) is 16.7. The monoisotopic (exact) mass is 335 g/mol. The molecule has 2 aromatic rings. The molecule has 0 radical (unpaired) electrons. The van der Waals surface area contributed by atoms with Gasteiger partial charge in [-0.2, -0.15) is 0 Å². The second kappa shape index (κ2) is 8.37. The SMILES string of the molecule is CCc1cccc(COP(=O)(O)OCc2cccc(CC)n2)c1. The maximum Gasteiger partial charge on any atom is 0.472 e. The molecule has 1 aromatic heterocycles. The van der Waals surface area contributed by atoms with Crippen LogP contribution in [0, 0.1) is 0 Å². The number of pyridine rings is 1. The van der Waals surface area contributed by atoms with Crippen LogP contribution >= 0.6 is 7.82 Å². The molecule has 1 atom stereocenters. The molecule has 0 bridgehead atoms. The molecule has 0 fully saturated rings. The molecular weight excluding hydrogens is 313 g/mol. The minimum Gasteiger partial charge on any atom is -0.302 e.